The van der Waals surface area contributed by atoms with E-state index in [0.29, 0.717) is 44.5 Å². The first kappa shape index (κ1) is 17.6. The summed E-state index contributed by atoms with van der Waals surface area (Å²) in [6, 6.07) is 1.82. The molecule has 0 saturated heterocycles. The number of anilines is 1. The molecule has 8 nitrogen and oxygen atoms in total. The fourth-order valence-electron chi connectivity index (χ4n) is 2.48. The molecule has 0 fully saturated rings. The Hall–Kier alpha value is -2.26. The van der Waals surface area contributed by atoms with Crippen LogP contribution in [0.4, 0.5) is 5.82 Å². The molecule has 132 valence electrons. The lowest BCUT2D eigenvalue weighted by Gasteiger charge is -2.17. The van der Waals surface area contributed by atoms with Crippen molar-refractivity contribution in [1.29, 1.82) is 0 Å². The fourth-order valence-corrected chi connectivity index (χ4v) is 3.30. The molecular formula is C15H15BrClN5O3. The predicted molar refractivity (Wildman–Crippen MR) is 97.6 cm³/mol. The summed E-state index contributed by atoms with van der Waals surface area (Å²) in [4.78, 5) is 8.06. The van der Waals surface area contributed by atoms with E-state index < -0.39 is 0 Å². The summed E-state index contributed by atoms with van der Waals surface area (Å²) in [5.41, 5.74) is 7.62. The van der Waals surface area contributed by atoms with Gasteiger partial charge in [-0.15, -0.1) is 0 Å². The first-order valence-corrected chi connectivity index (χ1v) is 8.28. The Balaban J connectivity index is 2.12. The van der Waals surface area contributed by atoms with Crippen LogP contribution < -0.4 is 19.9 Å². The molecule has 2 N–H and O–H groups in total. The van der Waals surface area contributed by atoms with Crippen LogP contribution in [0.3, 0.4) is 0 Å². The average molecular weight is 429 g/mol. The third-order valence-electron chi connectivity index (χ3n) is 3.66. The van der Waals surface area contributed by atoms with Crippen molar-refractivity contribution in [2.75, 3.05) is 27.1 Å². The third-order valence-corrected chi connectivity index (χ3v) is 4.90. The topological polar surface area (TPSA) is 97.3 Å². The van der Waals surface area contributed by atoms with Gasteiger partial charge in [0.2, 0.25) is 5.75 Å². The van der Waals surface area contributed by atoms with E-state index in [9.17, 15) is 0 Å². The fraction of sp³-hybridized carbons (Fsp3) is 0.267. The number of hydrogen-bond donors (Lipinski definition) is 1. The molecule has 3 aromatic rings. The van der Waals surface area contributed by atoms with Crippen LogP contribution in [0.25, 0.3) is 11.0 Å². The molecule has 0 radical (unpaired) electrons. The van der Waals surface area contributed by atoms with Gasteiger partial charge < -0.3 is 19.9 Å². The van der Waals surface area contributed by atoms with Crippen LogP contribution in [-0.4, -0.2) is 41.1 Å². The number of benzene rings is 1. The maximum Gasteiger partial charge on any atom is 0.204 e. The van der Waals surface area contributed by atoms with Crippen LogP contribution in [0.1, 0.15) is 5.56 Å². The first-order valence-electron chi connectivity index (χ1n) is 7.11. The van der Waals surface area contributed by atoms with Gasteiger partial charge in [-0.2, -0.15) is 5.10 Å². The van der Waals surface area contributed by atoms with E-state index in [1.165, 1.54) is 6.33 Å². The number of ether oxygens (including phenoxy) is 3. The highest BCUT2D eigenvalue weighted by Crippen LogP contribution is 2.45. The second-order valence-corrected chi connectivity index (χ2v) is 6.17. The quantitative estimate of drug-likeness (QED) is 0.667. The molecule has 0 aliphatic rings. The van der Waals surface area contributed by atoms with Crippen LogP contribution in [0, 0.1) is 0 Å². The summed E-state index contributed by atoms with van der Waals surface area (Å²) in [5, 5.41) is 4.77. The monoisotopic (exact) mass is 427 g/mol. The normalized spacial score (nSPS) is 10.9. The Morgan fingerprint density at radius 2 is 1.84 bits per heavy atom. The van der Waals surface area contributed by atoms with Crippen LogP contribution >= 0.6 is 27.5 Å². The number of methoxy groups -OCH3 is 3. The van der Waals surface area contributed by atoms with Crippen molar-refractivity contribution in [3.05, 3.63) is 27.6 Å². The molecule has 2 heterocycles. The van der Waals surface area contributed by atoms with Gasteiger partial charge in [0.05, 0.1) is 32.3 Å². The highest BCUT2D eigenvalue weighted by atomic mass is 79.9. The number of nitrogens with two attached hydrogens (primary N) is 1. The zero-order valence-electron chi connectivity index (χ0n) is 13.7. The third kappa shape index (κ3) is 2.93. The molecular weight excluding hydrogens is 414 g/mol. The second-order valence-electron chi connectivity index (χ2n) is 5.02. The molecule has 10 heteroatoms. The van der Waals surface area contributed by atoms with E-state index in [0.717, 1.165) is 5.56 Å². The van der Waals surface area contributed by atoms with E-state index in [1.807, 2.05) is 6.07 Å². The lowest BCUT2D eigenvalue weighted by atomic mass is 10.2. The van der Waals surface area contributed by atoms with E-state index in [-0.39, 0.29) is 5.82 Å². The summed E-state index contributed by atoms with van der Waals surface area (Å²) >= 11 is 9.93. The van der Waals surface area contributed by atoms with E-state index >= 15 is 0 Å². The van der Waals surface area contributed by atoms with Gasteiger partial charge in [-0.1, -0.05) is 11.6 Å². The first-order chi connectivity index (χ1) is 12.0. The van der Waals surface area contributed by atoms with Crippen molar-refractivity contribution in [2.24, 2.45) is 0 Å². The number of rotatable bonds is 5. The van der Waals surface area contributed by atoms with Gasteiger partial charge in [-0.05, 0) is 27.6 Å². The Kier molecular flexibility index (Phi) is 4.87. The number of aromatic nitrogens is 4. The van der Waals surface area contributed by atoms with Crippen molar-refractivity contribution >= 4 is 44.4 Å². The molecule has 25 heavy (non-hydrogen) atoms. The van der Waals surface area contributed by atoms with Gasteiger partial charge in [-0.3, -0.25) is 0 Å². The van der Waals surface area contributed by atoms with Gasteiger partial charge in [0.1, 0.15) is 11.8 Å². The molecule has 1 aromatic carbocycles. The van der Waals surface area contributed by atoms with Crippen molar-refractivity contribution < 1.29 is 14.2 Å². The summed E-state index contributed by atoms with van der Waals surface area (Å²) < 4.78 is 18.5. The van der Waals surface area contributed by atoms with Gasteiger partial charge >= 0.3 is 0 Å². The van der Waals surface area contributed by atoms with E-state index in [4.69, 9.17) is 31.5 Å². The summed E-state index contributed by atoms with van der Waals surface area (Å²) in [7, 11) is 4.66. The SMILES string of the molecule is COc1cc(Cn2nc3c(N)ncnc3c2Cl)c(Br)c(OC)c1OC. The van der Waals surface area contributed by atoms with Crippen LogP contribution in [-0.2, 0) is 6.54 Å². The summed E-state index contributed by atoms with van der Waals surface area (Å²) in [6.07, 6.45) is 1.35. The molecule has 3 rings (SSSR count). The summed E-state index contributed by atoms with van der Waals surface area (Å²) in [6.45, 7) is 0.339. The standard InChI is InChI=1S/C15H15BrClN5O3/c1-23-8-4-7(9(16)13(25-3)12(8)24-2)5-22-14(17)10-11(21-22)15(18)20-6-19-10/h4,6H,5H2,1-3H3,(H2,18,19,20). The maximum absolute atomic E-state index is 6.39. The lowest BCUT2D eigenvalue weighted by Crippen LogP contribution is -2.05. The molecule has 0 amide bonds. The minimum absolute atomic E-state index is 0.273. The van der Waals surface area contributed by atoms with Crippen LogP contribution in [0.5, 0.6) is 17.2 Å². The Bertz CT molecular complexity index is 947. The van der Waals surface area contributed by atoms with Gasteiger partial charge in [0.25, 0.3) is 0 Å². The van der Waals surface area contributed by atoms with Crippen molar-refractivity contribution in [1.82, 2.24) is 19.7 Å². The molecule has 0 aliphatic carbocycles. The molecule has 0 atom stereocenters. The Labute approximate surface area is 157 Å². The highest BCUT2D eigenvalue weighted by Gasteiger charge is 2.21. The minimum Gasteiger partial charge on any atom is -0.493 e. The molecule has 2 aromatic heterocycles. The number of fused-ring (bicyclic) bond motifs is 1. The molecule has 0 spiro atoms. The van der Waals surface area contributed by atoms with E-state index in [2.05, 4.69) is 31.0 Å². The van der Waals surface area contributed by atoms with Crippen molar-refractivity contribution in [2.45, 2.75) is 6.54 Å². The Morgan fingerprint density at radius 1 is 1.12 bits per heavy atom. The average Bonchev–Trinajstić information content (AvgIpc) is 2.93. The molecule has 0 unspecified atom stereocenters. The number of hydrogen-bond acceptors (Lipinski definition) is 7. The molecule has 0 saturated carbocycles. The van der Waals surface area contributed by atoms with Crippen molar-refractivity contribution in [3.8, 4) is 17.2 Å². The zero-order valence-corrected chi connectivity index (χ0v) is 16.1. The van der Waals surface area contributed by atoms with Gasteiger partial charge in [0.15, 0.2) is 28.0 Å². The van der Waals surface area contributed by atoms with Crippen LogP contribution in [0.2, 0.25) is 5.15 Å². The maximum atomic E-state index is 6.39. The minimum atomic E-state index is 0.273. The van der Waals surface area contributed by atoms with Crippen molar-refractivity contribution in [3.63, 3.8) is 0 Å². The van der Waals surface area contributed by atoms with E-state index in [1.54, 1.807) is 26.0 Å². The molecule has 0 aliphatic heterocycles. The van der Waals surface area contributed by atoms with Gasteiger partial charge in [-0.25, -0.2) is 14.6 Å². The number of nitrogens with zero attached hydrogens (tertiary/aromatic N) is 4. The number of nitrogen functional groups attached to an aromatic ring is 1. The number of halogens is 2. The lowest BCUT2D eigenvalue weighted by molar-refractivity contribution is 0.322. The smallest absolute Gasteiger partial charge is 0.204 e. The highest BCUT2D eigenvalue weighted by molar-refractivity contribution is 9.10. The second kappa shape index (κ2) is 6.93. The molecule has 0 bridgehead atoms. The predicted octanol–water partition coefficient (Wildman–Crippen LogP) is 2.90. The van der Waals surface area contributed by atoms with Gasteiger partial charge in [0, 0.05) is 0 Å². The zero-order chi connectivity index (χ0) is 18.1. The summed E-state index contributed by atoms with van der Waals surface area (Å²) in [5.74, 6) is 1.82. The Morgan fingerprint density at radius 3 is 2.44 bits per heavy atom. The largest absolute Gasteiger partial charge is 0.493 e. The van der Waals surface area contributed by atoms with Crippen LogP contribution in [0.15, 0.2) is 16.9 Å².